The third-order valence-corrected chi connectivity index (χ3v) is 4.10. The largest absolute Gasteiger partial charge is 0.349 e. The molecule has 1 amide bonds. The fraction of sp³-hybridized carbons (Fsp3) is 0.467. The number of aromatic nitrogens is 2. The van der Waals surface area contributed by atoms with Gasteiger partial charge in [-0.3, -0.25) is 9.89 Å². The summed E-state index contributed by atoms with van der Waals surface area (Å²) in [6.45, 7) is 4.17. The minimum atomic E-state index is -0.0143. The van der Waals surface area contributed by atoms with Crippen molar-refractivity contribution < 1.29 is 4.79 Å². The Labute approximate surface area is 118 Å². The maximum atomic E-state index is 12.3. The molecule has 5 heteroatoms. The van der Waals surface area contributed by atoms with Crippen LogP contribution in [-0.4, -0.2) is 35.2 Å². The van der Waals surface area contributed by atoms with E-state index in [1.54, 1.807) is 6.20 Å². The topological polar surface area (TPSA) is 69.8 Å². The van der Waals surface area contributed by atoms with Crippen molar-refractivity contribution >= 4 is 16.8 Å². The van der Waals surface area contributed by atoms with E-state index in [0.717, 1.165) is 24.0 Å². The first-order valence-corrected chi connectivity index (χ1v) is 7.19. The molecule has 2 aromatic rings. The first-order chi connectivity index (χ1) is 9.74. The molecule has 1 aromatic heterocycles. The molecule has 0 radical (unpaired) electrons. The summed E-state index contributed by atoms with van der Waals surface area (Å²) in [6, 6.07) is 5.80. The molecule has 1 aliphatic heterocycles. The maximum absolute atomic E-state index is 12.3. The van der Waals surface area contributed by atoms with Crippen molar-refractivity contribution in [3.05, 3.63) is 30.0 Å². The first-order valence-electron chi connectivity index (χ1n) is 7.19. The van der Waals surface area contributed by atoms with Crippen LogP contribution in [0, 0.1) is 5.92 Å². The molecule has 106 valence electrons. The van der Waals surface area contributed by atoms with Gasteiger partial charge in [0, 0.05) is 17.0 Å². The molecule has 3 N–H and O–H groups in total. The molecule has 3 rings (SSSR count). The number of carbonyl (C=O) groups excluding carboxylic acids is 1. The standard InChI is InChI=1S/C15H20N4O/c1-10(12-3-2-6-16-8-12)18-15(20)11-4-5-13-9-17-19-14(13)7-11/h4-5,7,9-10,12,16H,2-3,6,8H2,1H3,(H,17,19)(H,18,20). The fourth-order valence-corrected chi connectivity index (χ4v) is 2.79. The summed E-state index contributed by atoms with van der Waals surface area (Å²) >= 11 is 0. The zero-order chi connectivity index (χ0) is 13.9. The molecule has 0 saturated carbocycles. The van der Waals surface area contributed by atoms with Gasteiger partial charge in [-0.2, -0.15) is 5.10 Å². The van der Waals surface area contributed by atoms with Gasteiger partial charge in [0.15, 0.2) is 0 Å². The highest BCUT2D eigenvalue weighted by molar-refractivity contribution is 5.97. The van der Waals surface area contributed by atoms with Gasteiger partial charge in [-0.25, -0.2) is 0 Å². The molecule has 0 bridgehead atoms. The number of H-pyrrole nitrogens is 1. The van der Waals surface area contributed by atoms with Gasteiger partial charge in [-0.15, -0.1) is 0 Å². The third-order valence-electron chi connectivity index (χ3n) is 4.10. The second-order valence-corrected chi connectivity index (χ2v) is 5.54. The van der Waals surface area contributed by atoms with Crippen molar-refractivity contribution in [2.45, 2.75) is 25.8 Å². The fourth-order valence-electron chi connectivity index (χ4n) is 2.79. The van der Waals surface area contributed by atoms with Gasteiger partial charge < -0.3 is 10.6 Å². The molecule has 1 aliphatic rings. The summed E-state index contributed by atoms with van der Waals surface area (Å²) in [5.74, 6) is 0.503. The molecule has 1 saturated heterocycles. The van der Waals surface area contributed by atoms with Crippen LogP contribution in [0.25, 0.3) is 10.9 Å². The minimum Gasteiger partial charge on any atom is -0.349 e. The number of piperidine rings is 1. The van der Waals surface area contributed by atoms with Crippen LogP contribution >= 0.6 is 0 Å². The summed E-state index contributed by atoms with van der Waals surface area (Å²) in [4.78, 5) is 12.3. The maximum Gasteiger partial charge on any atom is 0.251 e. The Hall–Kier alpha value is -1.88. The first kappa shape index (κ1) is 13.1. The Morgan fingerprint density at radius 1 is 1.50 bits per heavy atom. The molecule has 2 unspecified atom stereocenters. The third kappa shape index (κ3) is 2.67. The van der Waals surface area contributed by atoms with Crippen LogP contribution in [0.4, 0.5) is 0 Å². The van der Waals surface area contributed by atoms with E-state index in [4.69, 9.17) is 0 Å². The van der Waals surface area contributed by atoms with Crippen molar-refractivity contribution in [1.82, 2.24) is 20.8 Å². The van der Waals surface area contributed by atoms with Gasteiger partial charge >= 0.3 is 0 Å². The second kappa shape index (κ2) is 5.63. The molecular formula is C15H20N4O. The van der Waals surface area contributed by atoms with Crippen molar-refractivity contribution in [2.24, 2.45) is 5.92 Å². The molecular weight excluding hydrogens is 252 g/mol. The Bertz CT molecular complexity index is 601. The van der Waals surface area contributed by atoms with E-state index in [9.17, 15) is 4.79 Å². The lowest BCUT2D eigenvalue weighted by Crippen LogP contribution is -2.44. The Morgan fingerprint density at radius 3 is 3.20 bits per heavy atom. The van der Waals surface area contributed by atoms with Crippen LogP contribution in [0.2, 0.25) is 0 Å². The molecule has 2 heterocycles. The van der Waals surface area contributed by atoms with Crippen LogP contribution in [0.15, 0.2) is 24.4 Å². The summed E-state index contributed by atoms with van der Waals surface area (Å²) in [5.41, 5.74) is 1.57. The number of rotatable bonds is 3. The van der Waals surface area contributed by atoms with Crippen LogP contribution in [0.5, 0.6) is 0 Å². The van der Waals surface area contributed by atoms with Gasteiger partial charge in [0.1, 0.15) is 0 Å². The number of benzene rings is 1. The summed E-state index contributed by atoms with van der Waals surface area (Å²) in [7, 11) is 0. The molecule has 1 fully saturated rings. The Kier molecular flexibility index (Phi) is 3.69. The SMILES string of the molecule is CC(NC(=O)c1ccc2cn[nH]c2c1)C1CCCNC1. The predicted octanol–water partition coefficient (Wildman–Crippen LogP) is 1.68. The van der Waals surface area contributed by atoms with Crippen LogP contribution in [0.3, 0.4) is 0 Å². The van der Waals surface area contributed by atoms with Crippen LogP contribution in [-0.2, 0) is 0 Å². The zero-order valence-corrected chi connectivity index (χ0v) is 11.6. The normalized spacial score (nSPS) is 20.8. The lowest BCUT2D eigenvalue weighted by Gasteiger charge is -2.28. The number of hydrogen-bond donors (Lipinski definition) is 3. The monoisotopic (exact) mass is 272 g/mol. The summed E-state index contributed by atoms with van der Waals surface area (Å²) in [5, 5.41) is 14.4. The van der Waals surface area contributed by atoms with E-state index in [0.29, 0.717) is 11.5 Å². The average Bonchev–Trinajstić information content (AvgIpc) is 2.95. The smallest absolute Gasteiger partial charge is 0.251 e. The summed E-state index contributed by atoms with van der Waals surface area (Å²) in [6.07, 6.45) is 4.12. The Balaban J connectivity index is 1.68. The van der Waals surface area contributed by atoms with Gasteiger partial charge in [0.2, 0.25) is 0 Å². The van der Waals surface area contributed by atoms with Gasteiger partial charge in [0.25, 0.3) is 5.91 Å². The number of nitrogens with one attached hydrogen (secondary N) is 3. The van der Waals surface area contributed by atoms with Gasteiger partial charge in [0.05, 0.1) is 11.7 Å². The van der Waals surface area contributed by atoms with Crippen molar-refractivity contribution in [1.29, 1.82) is 0 Å². The van der Waals surface area contributed by atoms with Gasteiger partial charge in [-0.05, 0) is 50.9 Å². The van der Waals surface area contributed by atoms with E-state index in [1.807, 2.05) is 18.2 Å². The van der Waals surface area contributed by atoms with Crippen molar-refractivity contribution in [3.63, 3.8) is 0 Å². The molecule has 2 atom stereocenters. The number of hydrogen-bond acceptors (Lipinski definition) is 3. The van der Waals surface area contributed by atoms with E-state index in [-0.39, 0.29) is 11.9 Å². The minimum absolute atomic E-state index is 0.0143. The average molecular weight is 272 g/mol. The van der Waals surface area contributed by atoms with E-state index in [1.165, 1.54) is 12.8 Å². The number of fused-ring (bicyclic) bond motifs is 1. The van der Waals surface area contributed by atoms with Gasteiger partial charge in [-0.1, -0.05) is 6.07 Å². The van der Waals surface area contributed by atoms with Crippen LogP contribution < -0.4 is 10.6 Å². The number of carbonyl (C=O) groups is 1. The molecule has 0 aliphatic carbocycles. The second-order valence-electron chi connectivity index (χ2n) is 5.54. The number of amides is 1. The van der Waals surface area contributed by atoms with Crippen molar-refractivity contribution in [2.75, 3.05) is 13.1 Å². The lowest BCUT2D eigenvalue weighted by atomic mass is 9.92. The number of aromatic amines is 1. The predicted molar refractivity (Wildman–Crippen MR) is 78.6 cm³/mol. The highest BCUT2D eigenvalue weighted by atomic mass is 16.1. The molecule has 20 heavy (non-hydrogen) atoms. The highest BCUT2D eigenvalue weighted by Gasteiger charge is 2.21. The zero-order valence-electron chi connectivity index (χ0n) is 11.6. The highest BCUT2D eigenvalue weighted by Crippen LogP contribution is 2.16. The van der Waals surface area contributed by atoms with E-state index in [2.05, 4.69) is 27.8 Å². The Morgan fingerprint density at radius 2 is 2.40 bits per heavy atom. The molecule has 0 spiro atoms. The van der Waals surface area contributed by atoms with Crippen molar-refractivity contribution in [3.8, 4) is 0 Å². The summed E-state index contributed by atoms with van der Waals surface area (Å²) < 4.78 is 0. The lowest BCUT2D eigenvalue weighted by molar-refractivity contribution is 0.0922. The number of nitrogens with zero attached hydrogens (tertiary/aromatic N) is 1. The molecule has 5 nitrogen and oxygen atoms in total. The quantitative estimate of drug-likeness (QED) is 0.796. The molecule has 1 aromatic carbocycles. The van der Waals surface area contributed by atoms with E-state index < -0.39 is 0 Å². The van der Waals surface area contributed by atoms with E-state index >= 15 is 0 Å². The van der Waals surface area contributed by atoms with Crippen LogP contribution in [0.1, 0.15) is 30.1 Å².